The SMILES string of the molecule is CCCC(=O)Oc1c(C)ccc(CC[C@@H](C)[C@H](O)[C@H](C)C(=O)[C@H](CC)[C@H]2O[C@](CC)([C@H]3CC[C@](O)(CC)[C@H](C)O3)C[C@@H]2C)c1C(=O)O. The fourth-order valence-corrected chi connectivity index (χ4v) is 7.93. The summed E-state index contributed by atoms with van der Waals surface area (Å²) in [6, 6.07) is 3.48. The molecule has 1 aromatic rings. The molecule has 1 aromatic carbocycles. The van der Waals surface area contributed by atoms with E-state index in [2.05, 4.69) is 13.8 Å². The van der Waals surface area contributed by atoms with Crippen LogP contribution in [0, 0.1) is 30.6 Å². The fraction of sp³-hybridized carbons (Fsp3) is 0.763. The maximum atomic E-state index is 14.0. The minimum Gasteiger partial charge on any atom is -0.478 e. The van der Waals surface area contributed by atoms with E-state index in [1.165, 1.54) is 0 Å². The molecule has 0 spiro atoms. The first-order valence-electron chi connectivity index (χ1n) is 17.9. The third-order valence-corrected chi connectivity index (χ3v) is 11.3. The molecule has 47 heavy (non-hydrogen) atoms. The van der Waals surface area contributed by atoms with Gasteiger partial charge in [0.1, 0.15) is 17.1 Å². The van der Waals surface area contributed by atoms with E-state index >= 15 is 0 Å². The quantitative estimate of drug-likeness (QED) is 0.128. The van der Waals surface area contributed by atoms with Gasteiger partial charge in [0.2, 0.25) is 0 Å². The van der Waals surface area contributed by atoms with Crippen molar-refractivity contribution in [3.05, 3.63) is 28.8 Å². The topological polar surface area (TPSA) is 140 Å². The average Bonchev–Trinajstić information content (AvgIpc) is 3.38. The molecule has 0 radical (unpaired) electrons. The highest BCUT2D eigenvalue weighted by atomic mass is 16.6. The van der Waals surface area contributed by atoms with Crippen molar-refractivity contribution in [2.24, 2.45) is 23.7 Å². The predicted octanol–water partition coefficient (Wildman–Crippen LogP) is 6.84. The molecular weight excluding hydrogens is 600 g/mol. The number of ether oxygens (including phenoxy) is 3. The number of aromatic carboxylic acids is 1. The van der Waals surface area contributed by atoms with Gasteiger partial charge in [0.05, 0.1) is 35.6 Å². The number of carbonyl (C=O) groups excluding carboxylic acids is 2. The third kappa shape index (κ3) is 8.46. The minimum atomic E-state index is -1.17. The zero-order valence-electron chi connectivity index (χ0n) is 30.1. The molecule has 9 heteroatoms. The van der Waals surface area contributed by atoms with Crippen molar-refractivity contribution >= 4 is 17.7 Å². The van der Waals surface area contributed by atoms with Gasteiger partial charge in [-0.3, -0.25) is 9.59 Å². The molecule has 3 N–H and O–H groups in total. The van der Waals surface area contributed by atoms with Gasteiger partial charge in [-0.05, 0) is 94.6 Å². The number of esters is 1. The molecule has 9 nitrogen and oxygen atoms in total. The molecule has 2 fully saturated rings. The number of aliphatic hydroxyl groups is 2. The van der Waals surface area contributed by atoms with Crippen LogP contribution in [0.15, 0.2) is 12.1 Å². The van der Waals surface area contributed by atoms with Crippen molar-refractivity contribution in [3.63, 3.8) is 0 Å². The van der Waals surface area contributed by atoms with Crippen LogP contribution in [0.1, 0.15) is 135 Å². The number of carbonyl (C=O) groups is 3. The number of carboxylic acids is 1. The van der Waals surface area contributed by atoms with Crippen LogP contribution in [0.4, 0.5) is 0 Å². The Morgan fingerprint density at radius 3 is 2.32 bits per heavy atom. The summed E-state index contributed by atoms with van der Waals surface area (Å²) < 4.78 is 18.8. The minimum absolute atomic E-state index is 0.0272. The van der Waals surface area contributed by atoms with Crippen molar-refractivity contribution in [2.45, 2.75) is 162 Å². The number of hydrogen-bond donors (Lipinski definition) is 3. The van der Waals surface area contributed by atoms with Crippen molar-refractivity contribution in [1.29, 1.82) is 0 Å². The number of aliphatic hydroxyl groups excluding tert-OH is 1. The molecule has 10 atom stereocenters. The van der Waals surface area contributed by atoms with E-state index in [4.69, 9.17) is 14.2 Å². The van der Waals surface area contributed by atoms with Crippen LogP contribution >= 0.6 is 0 Å². The van der Waals surface area contributed by atoms with Gasteiger partial charge in [0, 0.05) is 18.3 Å². The molecule has 3 rings (SSSR count). The normalized spacial score (nSPS) is 30.4. The summed E-state index contributed by atoms with van der Waals surface area (Å²) in [6.45, 7) is 17.3. The predicted molar refractivity (Wildman–Crippen MR) is 181 cm³/mol. The zero-order chi connectivity index (χ0) is 35.3. The zero-order valence-corrected chi connectivity index (χ0v) is 30.1. The van der Waals surface area contributed by atoms with E-state index in [1.807, 2.05) is 34.6 Å². The number of ketones is 1. The van der Waals surface area contributed by atoms with E-state index in [1.54, 1.807) is 26.0 Å². The molecule has 266 valence electrons. The fourth-order valence-electron chi connectivity index (χ4n) is 7.93. The molecule has 0 unspecified atom stereocenters. The van der Waals surface area contributed by atoms with Gasteiger partial charge in [0.15, 0.2) is 0 Å². The Kier molecular flexibility index (Phi) is 13.6. The smallest absolute Gasteiger partial charge is 0.339 e. The van der Waals surface area contributed by atoms with Crippen LogP contribution in [-0.2, 0) is 25.5 Å². The molecule has 0 saturated carbocycles. The summed E-state index contributed by atoms with van der Waals surface area (Å²) in [5.41, 5.74) is -0.314. The largest absolute Gasteiger partial charge is 0.478 e. The van der Waals surface area contributed by atoms with Gasteiger partial charge in [-0.2, -0.15) is 0 Å². The number of rotatable bonds is 16. The summed E-state index contributed by atoms with van der Waals surface area (Å²) in [5, 5.41) is 32.4. The highest BCUT2D eigenvalue weighted by Gasteiger charge is 2.55. The standard InChI is InChI=1S/C38H60O9/c1-10-14-30(39)46-35-23(6)16-18-27(31(35)36(42)43)17-15-22(5)32(40)25(8)33(41)28(11-2)34-24(7)21-38(13-4,47-34)29-19-20-37(44,12-3)26(9)45-29/h16,18,22,24-26,28-29,32,34,40,44H,10-15,17,19-21H2,1-9H3,(H,42,43)/t22-,24+,25+,26+,28+,29-,32+,34+,37-,38+/m1/s1. The summed E-state index contributed by atoms with van der Waals surface area (Å²) in [7, 11) is 0. The van der Waals surface area contributed by atoms with E-state index in [0.29, 0.717) is 56.1 Å². The molecule has 2 saturated heterocycles. The Morgan fingerprint density at radius 1 is 1.09 bits per heavy atom. The number of benzene rings is 1. The maximum absolute atomic E-state index is 14.0. The Balaban J connectivity index is 1.71. The number of Topliss-reactive ketones (excluding diaryl/α,β-unsaturated/α-hetero) is 1. The first-order chi connectivity index (χ1) is 22.1. The van der Waals surface area contributed by atoms with E-state index in [0.717, 1.165) is 12.8 Å². The van der Waals surface area contributed by atoms with E-state index in [-0.39, 0.29) is 59.6 Å². The summed E-state index contributed by atoms with van der Waals surface area (Å²) in [6.07, 6.45) is 3.95. The molecule has 2 heterocycles. The average molecular weight is 661 g/mol. The van der Waals surface area contributed by atoms with Crippen molar-refractivity contribution in [1.82, 2.24) is 0 Å². The molecule has 2 aliphatic rings. The number of hydrogen-bond acceptors (Lipinski definition) is 8. The van der Waals surface area contributed by atoms with Crippen LogP contribution in [-0.4, -0.2) is 68.7 Å². The molecule has 0 aliphatic carbocycles. The van der Waals surface area contributed by atoms with E-state index < -0.39 is 35.2 Å². The van der Waals surface area contributed by atoms with Crippen molar-refractivity contribution in [2.75, 3.05) is 0 Å². The van der Waals surface area contributed by atoms with Gasteiger partial charge < -0.3 is 29.5 Å². The lowest BCUT2D eigenvalue weighted by Gasteiger charge is -2.47. The van der Waals surface area contributed by atoms with Crippen LogP contribution in [0.3, 0.4) is 0 Å². The van der Waals surface area contributed by atoms with Gasteiger partial charge in [-0.15, -0.1) is 0 Å². The second kappa shape index (κ2) is 16.4. The van der Waals surface area contributed by atoms with Crippen LogP contribution < -0.4 is 4.74 Å². The second-order valence-electron chi connectivity index (χ2n) is 14.4. The Hall–Kier alpha value is -2.33. The maximum Gasteiger partial charge on any atom is 0.339 e. The number of aryl methyl sites for hydroxylation is 2. The van der Waals surface area contributed by atoms with Gasteiger partial charge >= 0.3 is 11.9 Å². The third-order valence-electron chi connectivity index (χ3n) is 11.3. The first kappa shape index (κ1) is 39.1. The Bertz CT molecular complexity index is 1250. The molecular formula is C38H60O9. The van der Waals surface area contributed by atoms with Gasteiger partial charge in [-0.1, -0.05) is 60.6 Å². The Morgan fingerprint density at radius 2 is 1.77 bits per heavy atom. The van der Waals surface area contributed by atoms with E-state index in [9.17, 15) is 29.7 Å². The molecule has 0 bridgehead atoms. The summed E-state index contributed by atoms with van der Waals surface area (Å²) >= 11 is 0. The first-order valence-corrected chi connectivity index (χ1v) is 17.9. The summed E-state index contributed by atoms with van der Waals surface area (Å²) in [4.78, 5) is 38.5. The van der Waals surface area contributed by atoms with Crippen LogP contribution in [0.2, 0.25) is 0 Å². The Labute approximate surface area is 281 Å². The van der Waals surface area contributed by atoms with Crippen molar-refractivity contribution < 1.29 is 43.9 Å². The second-order valence-corrected chi connectivity index (χ2v) is 14.4. The lowest BCUT2D eigenvalue weighted by molar-refractivity contribution is -0.229. The lowest BCUT2D eigenvalue weighted by atomic mass is 9.76. The van der Waals surface area contributed by atoms with Crippen LogP contribution in [0.5, 0.6) is 5.75 Å². The lowest BCUT2D eigenvalue weighted by Crippen LogP contribution is -2.55. The highest BCUT2D eigenvalue weighted by Crippen LogP contribution is 2.48. The monoisotopic (exact) mass is 660 g/mol. The van der Waals surface area contributed by atoms with Crippen LogP contribution in [0.25, 0.3) is 0 Å². The number of carboxylic acid groups (broad SMARTS) is 1. The molecule has 2 aliphatic heterocycles. The summed E-state index contributed by atoms with van der Waals surface area (Å²) in [5.74, 6) is -2.82. The highest BCUT2D eigenvalue weighted by molar-refractivity contribution is 5.94. The molecule has 0 aromatic heterocycles. The van der Waals surface area contributed by atoms with Gasteiger partial charge in [-0.25, -0.2) is 4.79 Å². The van der Waals surface area contributed by atoms with Crippen molar-refractivity contribution in [3.8, 4) is 5.75 Å². The van der Waals surface area contributed by atoms with Gasteiger partial charge in [0.25, 0.3) is 0 Å². The molecule has 0 amide bonds.